The summed E-state index contributed by atoms with van der Waals surface area (Å²) in [6, 6.07) is 6.27. The van der Waals surface area contributed by atoms with E-state index in [0.717, 1.165) is 4.57 Å². The van der Waals surface area contributed by atoms with Gasteiger partial charge in [-0.25, -0.2) is 4.79 Å². The van der Waals surface area contributed by atoms with Crippen molar-refractivity contribution in [3.05, 3.63) is 60.7 Å². The molecule has 1 aromatic carbocycles. The summed E-state index contributed by atoms with van der Waals surface area (Å²) < 4.78 is 2.28. The molecule has 21 heavy (non-hydrogen) atoms. The summed E-state index contributed by atoms with van der Waals surface area (Å²) in [5.41, 5.74) is 2.44. The van der Waals surface area contributed by atoms with Crippen LogP contribution in [0.3, 0.4) is 0 Å². The first kappa shape index (κ1) is 15.3. The number of halogens is 2. The summed E-state index contributed by atoms with van der Waals surface area (Å²) in [6.07, 6.45) is 1.47. The van der Waals surface area contributed by atoms with E-state index in [9.17, 15) is 9.59 Å². The molecule has 0 saturated carbocycles. The van der Waals surface area contributed by atoms with Crippen molar-refractivity contribution in [3.8, 4) is 0 Å². The highest BCUT2D eigenvalue weighted by Crippen LogP contribution is 2.19. The van der Waals surface area contributed by atoms with Crippen molar-refractivity contribution in [3.63, 3.8) is 0 Å². The van der Waals surface area contributed by atoms with Crippen molar-refractivity contribution >= 4 is 35.2 Å². The fraction of sp³-hybridized carbons (Fsp3) is 0.154. The Hall–Kier alpha value is -2.05. The molecule has 0 aliphatic rings. The quantitative estimate of drug-likeness (QED) is 0.691. The summed E-state index contributed by atoms with van der Waals surface area (Å²) >= 11 is 11.8. The normalized spacial score (nSPS) is 11.0. The molecule has 0 aliphatic carbocycles. The second kappa shape index (κ2) is 6.15. The predicted molar refractivity (Wildman–Crippen MR) is 84.6 cm³/mol. The molecule has 1 heterocycles. The first-order valence-corrected chi connectivity index (χ1v) is 6.67. The number of hydrazone groups is 1. The molecule has 6 nitrogen and oxygen atoms in total. The Bertz CT molecular complexity index is 824. The first-order valence-electron chi connectivity index (χ1n) is 5.91. The van der Waals surface area contributed by atoms with Crippen molar-refractivity contribution < 1.29 is 0 Å². The molecule has 0 spiro atoms. The van der Waals surface area contributed by atoms with E-state index in [4.69, 9.17) is 23.2 Å². The van der Waals surface area contributed by atoms with Gasteiger partial charge in [-0.05, 0) is 12.1 Å². The van der Waals surface area contributed by atoms with Crippen LogP contribution in [0.5, 0.6) is 0 Å². The Kier molecular flexibility index (Phi) is 4.50. The number of hydrogen-bond donors (Lipinski definition) is 1. The number of rotatable bonds is 3. The SMILES string of the molecule is Cn1c(NN=Cc2ccc(Cl)cc2Cl)cc(=O)n(C)c1=O. The molecular weight excluding hydrogens is 315 g/mol. The molecule has 0 unspecified atom stereocenters. The molecule has 2 rings (SSSR count). The molecule has 110 valence electrons. The van der Waals surface area contributed by atoms with Crippen LogP contribution in [0, 0.1) is 0 Å². The lowest BCUT2D eigenvalue weighted by Crippen LogP contribution is -2.37. The van der Waals surface area contributed by atoms with Crippen LogP contribution in [0.1, 0.15) is 5.56 Å². The van der Waals surface area contributed by atoms with Crippen LogP contribution in [0.15, 0.2) is 39.0 Å². The monoisotopic (exact) mass is 326 g/mol. The maximum atomic E-state index is 11.7. The van der Waals surface area contributed by atoms with Crippen LogP contribution < -0.4 is 16.7 Å². The van der Waals surface area contributed by atoms with Crippen molar-refractivity contribution in [2.75, 3.05) is 5.43 Å². The van der Waals surface area contributed by atoms with Gasteiger partial charge in [0.2, 0.25) is 0 Å². The Morgan fingerprint density at radius 2 is 1.86 bits per heavy atom. The van der Waals surface area contributed by atoms with Gasteiger partial charge in [0.25, 0.3) is 5.56 Å². The Labute approximate surface area is 130 Å². The third-order valence-electron chi connectivity index (χ3n) is 2.87. The van der Waals surface area contributed by atoms with Crippen LogP contribution >= 0.6 is 23.2 Å². The Balaban J connectivity index is 2.26. The minimum absolute atomic E-state index is 0.282. The largest absolute Gasteiger partial charge is 0.332 e. The minimum atomic E-state index is -0.440. The number of aromatic nitrogens is 2. The van der Waals surface area contributed by atoms with E-state index >= 15 is 0 Å². The minimum Gasteiger partial charge on any atom is -0.281 e. The maximum absolute atomic E-state index is 11.7. The standard InChI is InChI=1S/C13H12Cl2N4O2/c1-18-11(6-12(20)19(2)13(18)21)17-16-7-8-3-4-9(14)5-10(8)15/h3-7,17H,1-2H3. The number of benzene rings is 1. The number of nitrogens with one attached hydrogen (secondary N) is 1. The highest BCUT2D eigenvalue weighted by molar-refractivity contribution is 6.36. The van der Waals surface area contributed by atoms with Gasteiger partial charge in [0.1, 0.15) is 5.82 Å². The molecule has 2 aromatic rings. The summed E-state index contributed by atoms with van der Waals surface area (Å²) in [5.74, 6) is 0.282. The highest BCUT2D eigenvalue weighted by atomic mass is 35.5. The summed E-state index contributed by atoms with van der Waals surface area (Å²) in [7, 11) is 2.94. The Morgan fingerprint density at radius 1 is 1.14 bits per heavy atom. The first-order chi connectivity index (χ1) is 9.90. The average molecular weight is 327 g/mol. The molecule has 0 saturated heterocycles. The fourth-order valence-electron chi connectivity index (χ4n) is 1.61. The van der Waals surface area contributed by atoms with Gasteiger partial charge in [-0.2, -0.15) is 5.10 Å². The average Bonchev–Trinajstić information content (AvgIpc) is 2.44. The summed E-state index contributed by atoms with van der Waals surface area (Å²) in [5, 5.41) is 4.94. The molecule has 0 radical (unpaired) electrons. The Morgan fingerprint density at radius 3 is 2.52 bits per heavy atom. The van der Waals surface area contributed by atoms with Crippen LogP contribution in [0.4, 0.5) is 5.82 Å². The summed E-state index contributed by atoms with van der Waals surface area (Å²) in [4.78, 5) is 23.3. The van der Waals surface area contributed by atoms with Gasteiger partial charge in [-0.15, -0.1) is 0 Å². The third-order valence-corrected chi connectivity index (χ3v) is 3.43. The van der Waals surface area contributed by atoms with Gasteiger partial charge >= 0.3 is 5.69 Å². The molecule has 0 atom stereocenters. The molecule has 8 heteroatoms. The lowest BCUT2D eigenvalue weighted by atomic mass is 10.2. The molecule has 0 amide bonds. The number of hydrogen-bond acceptors (Lipinski definition) is 4. The van der Waals surface area contributed by atoms with Crippen molar-refractivity contribution in [1.82, 2.24) is 9.13 Å². The molecular formula is C13H12Cl2N4O2. The fourth-order valence-corrected chi connectivity index (χ4v) is 2.07. The zero-order chi connectivity index (χ0) is 15.6. The van der Waals surface area contributed by atoms with Crippen molar-refractivity contribution in [1.29, 1.82) is 0 Å². The van der Waals surface area contributed by atoms with E-state index in [1.807, 2.05) is 0 Å². The lowest BCUT2D eigenvalue weighted by molar-refractivity contribution is 0.690. The van der Waals surface area contributed by atoms with Gasteiger partial charge in [0, 0.05) is 30.7 Å². The molecule has 1 aromatic heterocycles. The van der Waals surface area contributed by atoms with Crippen LogP contribution in [0.2, 0.25) is 10.0 Å². The maximum Gasteiger partial charge on any atom is 0.332 e. The molecule has 0 aliphatic heterocycles. The second-order valence-corrected chi connectivity index (χ2v) is 5.15. The highest BCUT2D eigenvalue weighted by Gasteiger charge is 2.04. The van der Waals surface area contributed by atoms with Crippen molar-refractivity contribution in [2.24, 2.45) is 19.2 Å². The zero-order valence-electron chi connectivity index (χ0n) is 11.3. The second-order valence-electron chi connectivity index (χ2n) is 4.30. The number of nitrogens with zero attached hydrogens (tertiary/aromatic N) is 3. The molecule has 0 fully saturated rings. The van der Waals surface area contributed by atoms with Crippen LogP contribution in [-0.2, 0) is 14.1 Å². The van der Waals surface area contributed by atoms with Gasteiger partial charge in [0.15, 0.2) is 0 Å². The van der Waals surface area contributed by atoms with E-state index < -0.39 is 11.2 Å². The zero-order valence-corrected chi connectivity index (χ0v) is 12.8. The molecule has 1 N–H and O–H groups in total. The van der Waals surface area contributed by atoms with Crippen LogP contribution in [-0.4, -0.2) is 15.3 Å². The van der Waals surface area contributed by atoms with Gasteiger partial charge < -0.3 is 0 Å². The van der Waals surface area contributed by atoms with E-state index in [1.54, 1.807) is 18.2 Å². The topological polar surface area (TPSA) is 68.4 Å². The van der Waals surface area contributed by atoms with E-state index in [0.29, 0.717) is 15.6 Å². The van der Waals surface area contributed by atoms with Gasteiger partial charge in [-0.1, -0.05) is 29.3 Å². The third kappa shape index (κ3) is 3.34. The van der Waals surface area contributed by atoms with Gasteiger partial charge in [0.05, 0.1) is 11.2 Å². The molecule has 0 bridgehead atoms. The van der Waals surface area contributed by atoms with Crippen molar-refractivity contribution in [2.45, 2.75) is 0 Å². The van der Waals surface area contributed by atoms with E-state index in [1.165, 1.54) is 30.9 Å². The number of anilines is 1. The smallest absolute Gasteiger partial charge is 0.281 e. The van der Waals surface area contributed by atoms with Crippen LogP contribution in [0.25, 0.3) is 0 Å². The van der Waals surface area contributed by atoms with E-state index in [2.05, 4.69) is 10.5 Å². The van der Waals surface area contributed by atoms with Gasteiger partial charge in [-0.3, -0.25) is 19.4 Å². The van der Waals surface area contributed by atoms with E-state index in [-0.39, 0.29) is 5.82 Å². The lowest BCUT2D eigenvalue weighted by Gasteiger charge is -2.08. The summed E-state index contributed by atoms with van der Waals surface area (Å²) in [6.45, 7) is 0. The predicted octanol–water partition coefficient (Wildman–Crippen LogP) is 1.84.